The van der Waals surface area contributed by atoms with E-state index < -0.39 is 0 Å². The summed E-state index contributed by atoms with van der Waals surface area (Å²) in [6.45, 7) is 0.797. The molecule has 0 aliphatic rings. The largest absolute Gasteiger partial charge is 0.493 e. The zero-order valence-electron chi connectivity index (χ0n) is 9.00. The fraction of sp³-hybridized carbons (Fsp3) is 0.333. The summed E-state index contributed by atoms with van der Waals surface area (Å²) >= 11 is 0. The zero-order chi connectivity index (χ0) is 12.3. The molecule has 8 heteroatoms. The predicted octanol–water partition coefficient (Wildman–Crippen LogP) is -1.55. The molecule has 0 aromatic carbocycles. The van der Waals surface area contributed by atoms with Crippen LogP contribution in [0.4, 0.5) is 0 Å². The van der Waals surface area contributed by atoms with Crippen molar-refractivity contribution in [3.05, 3.63) is 18.1 Å². The number of rotatable bonds is 4. The van der Waals surface area contributed by atoms with Crippen LogP contribution in [0.3, 0.4) is 0 Å². The van der Waals surface area contributed by atoms with E-state index >= 15 is 0 Å². The molecule has 0 aliphatic heterocycles. The molecule has 0 saturated heterocycles. The molecule has 8 nitrogen and oxygen atoms in total. The van der Waals surface area contributed by atoms with Gasteiger partial charge in [-0.15, -0.1) is 0 Å². The highest BCUT2D eigenvalue weighted by atomic mass is 16.3. The molecule has 0 atom stereocenters. The molecule has 0 fully saturated rings. The summed E-state index contributed by atoms with van der Waals surface area (Å²) in [5.74, 6) is -0.0491. The summed E-state index contributed by atoms with van der Waals surface area (Å²) < 4.78 is 1.18. The second-order valence-electron chi connectivity index (χ2n) is 3.39. The van der Waals surface area contributed by atoms with Crippen molar-refractivity contribution in [2.75, 3.05) is 13.1 Å². The third kappa shape index (κ3) is 2.48. The smallest absolute Gasteiger partial charge is 0.255 e. The van der Waals surface area contributed by atoms with E-state index in [0.717, 1.165) is 0 Å². The Labute approximate surface area is 96.5 Å². The summed E-state index contributed by atoms with van der Waals surface area (Å²) in [4.78, 5) is 19.3. The average molecular weight is 236 g/mol. The lowest BCUT2D eigenvalue weighted by Crippen LogP contribution is -2.30. The number of nitrogens with one attached hydrogen (secondary N) is 1. The van der Waals surface area contributed by atoms with Crippen LogP contribution in [0.2, 0.25) is 0 Å². The Hall–Kier alpha value is -2.22. The predicted molar refractivity (Wildman–Crippen MR) is 58.2 cm³/mol. The van der Waals surface area contributed by atoms with E-state index in [-0.39, 0.29) is 24.0 Å². The van der Waals surface area contributed by atoms with Crippen LogP contribution >= 0.6 is 0 Å². The lowest BCUT2D eigenvalue weighted by atomic mass is 10.3. The number of aromatic hydroxyl groups is 1. The SMILES string of the molecule is NCCNC(=O)Cc1cc(O)n2ncnc2n1. The first-order chi connectivity index (χ1) is 8.20. The fourth-order valence-electron chi connectivity index (χ4n) is 1.37. The molecule has 1 amide bonds. The maximum Gasteiger partial charge on any atom is 0.255 e. The van der Waals surface area contributed by atoms with Gasteiger partial charge in [0.1, 0.15) is 6.33 Å². The van der Waals surface area contributed by atoms with Crippen LogP contribution in [0, 0.1) is 0 Å². The number of carbonyl (C=O) groups excluding carboxylic acids is 1. The Balaban J connectivity index is 2.16. The van der Waals surface area contributed by atoms with Crippen LogP contribution in [0.15, 0.2) is 12.4 Å². The second kappa shape index (κ2) is 4.74. The van der Waals surface area contributed by atoms with Crippen LogP contribution in [-0.4, -0.2) is 43.7 Å². The summed E-state index contributed by atoms with van der Waals surface area (Å²) in [7, 11) is 0. The standard InChI is InChI=1S/C9H12N6O2/c10-1-2-11-7(16)3-6-4-8(17)15-9(14-6)12-5-13-15/h4-5,17H,1-3,10H2,(H,11,16). The van der Waals surface area contributed by atoms with E-state index in [0.29, 0.717) is 18.8 Å². The first kappa shape index (κ1) is 11.3. The van der Waals surface area contributed by atoms with Crippen molar-refractivity contribution in [3.63, 3.8) is 0 Å². The van der Waals surface area contributed by atoms with E-state index in [2.05, 4.69) is 20.4 Å². The minimum absolute atomic E-state index is 0.0664. The normalized spacial score (nSPS) is 10.6. The maximum absolute atomic E-state index is 11.4. The van der Waals surface area contributed by atoms with Gasteiger partial charge in [-0.05, 0) is 0 Å². The van der Waals surface area contributed by atoms with Gasteiger partial charge >= 0.3 is 0 Å². The number of nitrogens with zero attached hydrogens (tertiary/aromatic N) is 4. The molecule has 0 spiro atoms. The Bertz CT molecular complexity index is 537. The molecule has 0 bridgehead atoms. The molecule has 2 aromatic heterocycles. The topological polar surface area (TPSA) is 118 Å². The van der Waals surface area contributed by atoms with Crippen LogP contribution in [-0.2, 0) is 11.2 Å². The van der Waals surface area contributed by atoms with Gasteiger partial charge in [-0.1, -0.05) is 0 Å². The van der Waals surface area contributed by atoms with Gasteiger partial charge in [0.05, 0.1) is 12.1 Å². The van der Waals surface area contributed by atoms with E-state index in [9.17, 15) is 9.90 Å². The van der Waals surface area contributed by atoms with Gasteiger partial charge < -0.3 is 16.2 Å². The number of aromatic nitrogens is 4. The van der Waals surface area contributed by atoms with Gasteiger partial charge in [0.15, 0.2) is 0 Å². The van der Waals surface area contributed by atoms with Crippen LogP contribution in [0.5, 0.6) is 5.88 Å². The quantitative estimate of drug-likeness (QED) is 0.591. The molecule has 2 heterocycles. The van der Waals surface area contributed by atoms with Gasteiger partial charge in [-0.2, -0.15) is 14.6 Å². The van der Waals surface area contributed by atoms with Crippen molar-refractivity contribution < 1.29 is 9.90 Å². The van der Waals surface area contributed by atoms with Gasteiger partial charge in [0, 0.05) is 19.2 Å². The molecule has 0 saturated carbocycles. The summed E-state index contributed by atoms with van der Waals surface area (Å²) in [5.41, 5.74) is 5.69. The number of hydrogen-bond donors (Lipinski definition) is 3. The number of amides is 1. The van der Waals surface area contributed by atoms with Crippen molar-refractivity contribution in [1.82, 2.24) is 24.9 Å². The van der Waals surface area contributed by atoms with Gasteiger partial charge in [0.25, 0.3) is 5.78 Å². The molecule has 0 unspecified atom stereocenters. The number of carbonyl (C=O) groups is 1. The Morgan fingerprint density at radius 3 is 3.18 bits per heavy atom. The summed E-state index contributed by atoms with van der Waals surface area (Å²) in [6, 6.07) is 1.38. The molecular formula is C9H12N6O2. The van der Waals surface area contributed by atoms with Crippen molar-refractivity contribution in [2.24, 2.45) is 5.73 Å². The average Bonchev–Trinajstić information content (AvgIpc) is 2.75. The highest BCUT2D eigenvalue weighted by molar-refractivity contribution is 5.78. The van der Waals surface area contributed by atoms with E-state index in [1.807, 2.05) is 0 Å². The minimum Gasteiger partial charge on any atom is -0.493 e. The monoisotopic (exact) mass is 236 g/mol. The zero-order valence-corrected chi connectivity index (χ0v) is 9.00. The molecule has 2 aromatic rings. The summed E-state index contributed by atoms with van der Waals surface area (Å²) in [6.07, 6.45) is 1.34. The third-order valence-corrected chi connectivity index (χ3v) is 2.09. The molecule has 0 aliphatic carbocycles. The van der Waals surface area contributed by atoms with E-state index in [1.165, 1.54) is 16.9 Å². The molecule has 2 rings (SSSR count). The number of hydrogen-bond acceptors (Lipinski definition) is 6. The van der Waals surface area contributed by atoms with Crippen molar-refractivity contribution in [3.8, 4) is 5.88 Å². The molecule has 90 valence electrons. The van der Waals surface area contributed by atoms with Crippen LogP contribution < -0.4 is 11.1 Å². The van der Waals surface area contributed by atoms with Crippen molar-refractivity contribution in [2.45, 2.75) is 6.42 Å². The fourth-order valence-corrected chi connectivity index (χ4v) is 1.37. The minimum atomic E-state index is -0.203. The number of nitrogens with two attached hydrogens (primary N) is 1. The molecular weight excluding hydrogens is 224 g/mol. The highest BCUT2D eigenvalue weighted by Gasteiger charge is 2.09. The highest BCUT2D eigenvalue weighted by Crippen LogP contribution is 2.11. The summed E-state index contributed by atoms with van der Waals surface area (Å²) in [5, 5.41) is 16.0. The molecule has 0 radical (unpaired) electrons. The number of fused-ring (bicyclic) bond motifs is 1. The Morgan fingerprint density at radius 2 is 2.41 bits per heavy atom. The van der Waals surface area contributed by atoms with E-state index in [4.69, 9.17) is 5.73 Å². The molecule has 4 N–H and O–H groups in total. The van der Waals surface area contributed by atoms with Crippen molar-refractivity contribution in [1.29, 1.82) is 0 Å². The Morgan fingerprint density at radius 1 is 1.59 bits per heavy atom. The second-order valence-corrected chi connectivity index (χ2v) is 3.39. The van der Waals surface area contributed by atoms with Crippen LogP contribution in [0.25, 0.3) is 5.78 Å². The first-order valence-electron chi connectivity index (χ1n) is 5.06. The lowest BCUT2D eigenvalue weighted by Gasteiger charge is -2.04. The van der Waals surface area contributed by atoms with E-state index in [1.54, 1.807) is 0 Å². The van der Waals surface area contributed by atoms with Gasteiger partial charge in [-0.25, -0.2) is 4.98 Å². The van der Waals surface area contributed by atoms with Gasteiger partial charge in [0.2, 0.25) is 11.8 Å². The third-order valence-electron chi connectivity index (χ3n) is 2.09. The van der Waals surface area contributed by atoms with Gasteiger partial charge in [-0.3, -0.25) is 4.79 Å². The van der Waals surface area contributed by atoms with Crippen LogP contribution in [0.1, 0.15) is 5.69 Å². The molecule has 17 heavy (non-hydrogen) atoms. The Kier molecular flexibility index (Phi) is 3.15. The lowest BCUT2D eigenvalue weighted by molar-refractivity contribution is -0.120. The van der Waals surface area contributed by atoms with Crippen molar-refractivity contribution >= 4 is 11.7 Å². The first-order valence-corrected chi connectivity index (χ1v) is 5.06. The maximum atomic E-state index is 11.4.